The molecule has 0 aliphatic rings. The summed E-state index contributed by atoms with van der Waals surface area (Å²) in [5.74, 6) is -1.09. The average molecular weight is 808 g/mol. The van der Waals surface area contributed by atoms with E-state index in [0.717, 1.165) is 48.1 Å². The lowest BCUT2D eigenvalue weighted by molar-refractivity contribution is 0.893. The summed E-state index contributed by atoms with van der Waals surface area (Å²) < 4.78 is 145. The first-order valence-corrected chi connectivity index (χ1v) is 19.6. The minimum Gasteiger partial charge on any atom is -0.278 e. The van der Waals surface area contributed by atoms with Crippen LogP contribution in [-0.4, -0.2) is 24.1 Å². The van der Waals surface area contributed by atoms with Crippen LogP contribution in [0.15, 0.2) is 224 Å². The van der Waals surface area contributed by atoms with Gasteiger partial charge >= 0.3 is 0 Å². The van der Waals surface area contributed by atoms with Crippen LogP contribution < -0.4 is 0 Å². The van der Waals surface area contributed by atoms with E-state index in [1.54, 1.807) is 18.2 Å². The number of rotatable bonds is 7. The predicted octanol–water partition coefficient (Wildman–Crippen LogP) is 14.4. The van der Waals surface area contributed by atoms with Crippen LogP contribution in [0.25, 0.3) is 111 Å². The molecule has 0 radical (unpaired) electrons. The predicted molar refractivity (Wildman–Crippen MR) is 256 cm³/mol. The molecule has 290 valence electrons. The van der Waals surface area contributed by atoms with Crippen LogP contribution in [0, 0.1) is 0 Å². The van der Waals surface area contributed by atoms with E-state index >= 15 is 0 Å². The normalized spacial score (nSPS) is 15.2. The lowest BCUT2D eigenvalue weighted by Gasteiger charge is -2.14. The molecule has 9 aromatic carbocycles. The smallest absolute Gasteiger partial charge is 0.240 e. The zero-order chi connectivity index (χ0) is 54.9. The minimum atomic E-state index is -0.700. The number of hydrogen-bond acceptors (Lipinski definition) is 3. The van der Waals surface area contributed by atoms with Gasteiger partial charge in [0, 0.05) is 27.1 Å². The summed E-state index contributed by atoms with van der Waals surface area (Å²) in [5.41, 5.74) is 6.44. The second kappa shape index (κ2) is 14.7. The quantitative estimate of drug-likeness (QED) is 0.161. The molecule has 0 N–H and O–H groups in total. The Labute approximate surface area is 381 Å². The summed E-state index contributed by atoms with van der Waals surface area (Å²) in [7, 11) is 0. The van der Waals surface area contributed by atoms with E-state index in [4.69, 9.17) is 31.4 Å². The highest BCUT2D eigenvalue weighted by Crippen LogP contribution is 2.37. The second-order valence-electron chi connectivity index (χ2n) is 14.5. The molecule has 5 nitrogen and oxygen atoms in total. The van der Waals surface area contributed by atoms with Crippen LogP contribution in [0.4, 0.5) is 0 Å². The molecular formula is C57H37N5. The largest absolute Gasteiger partial charge is 0.278 e. The Morgan fingerprint density at radius 1 is 0.290 bits per heavy atom. The zero-order valence-electron chi connectivity index (χ0n) is 48.4. The summed E-state index contributed by atoms with van der Waals surface area (Å²) >= 11 is 0. The first-order chi connectivity index (χ1) is 37.4. The maximum atomic E-state index is 9.25. The Balaban J connectivity index is 1.15. The second-order valence-corrected chi connectivity index (χ2v) is 14.5. The van der Waals surface area contributed by atoms with Crippen molar-refractivity contribution in [3.05, 3.63) is 224 Å². The Morgan fingerprint density at radius 2 is 0.597 bits per heavy atom. The fourth-order valence-corrected chi connectivity index (χ4v) is 8.03. The molecule has 0 saturated carbocycles. The van der Waals surface area contributed by atoms with Crippen molar-refractivity contribution in [3.63, 3.8) is 0 Å². The van der Waals surface area contributed by atoms with Crippen molar-refractivity contribution in [2.45, 2.75) is 0 Å². The lowest BCUT2D eigenvalue weighted by Crippen LogP contribution is -2.10. The molecule has 3 aromatic heterocycles. The summed E-state index contributed by atoms with van der Waals surface area (Å²) in [6, 6.07) is 31.1. The maximum absolute atomic E-state index is 9.25. The summed E-state index contributed by atoms with van der Waals surface area (Å²) in [6.07, 6.45) is 0. The highest BCUT2D eigenvalue weighted by Gasteiger charge is 2.20. The van der Waals surface area contributed by atoms with Gasteiger partial charge in [-0.25, -0.2) is 0 Å². The molecule has 0 amide bonds. The van der Waals surface area contributed by atoms with Gasteiger partial charge in [0.15, 0.2) is 5.82 Å². The molecule has 0 spiro atoms. The topological polar surface area (TPSA) is 48.5 Å². The molecule has 0 atom stereocenters. The molecule has 12 rings (SSSR count). The van der Waals surface area contributed by atoms with Gasteiger partial charge < -0.3 is 0 Å². The van der Waals surface area contributed by atoms with E-state index in [1.165, 1.54) is 0 Å². The first kappa shape index (κ1) is 22.8. The average Bonchev–Trinajstić information content (AvgIpc) is 3.79. The van der Waals surface area contributed by atoms with Crippen LogP contribution in [0.3, 0.4) is 0 Å². The van der Waals surface area contributed by atoms with Crippen molar-refractivity contribution in [1.82, 2.24) is 24.1 Å². The van der Waals surface area contributed by atoms with Crippen LogP contribution in [0.5, 0.6) is 0 Å². The summed E-state index contributed by atoms with van der Waals surface area (Å²) in [4.78, 5) is 14.6. The van der Waals surface area contributed by atoms with Gasteiger partial charge in [0.2, 0.25) is 11.9 Å². The summed E-state index contributed by atoms with van der Waals surface area (Å²) in [5, 5.41) is -1.06. The van der Waals surface area contributed by atoms with Crippen molar-refractivity contribution in [1.29, 1.82) is 0 Å². The van der Waals surface area contributed by atoms with Crippen molar-refractivity contribution in [3.8, 4) is 67.8 Å². The van der Waals surface area contributed by atoms with Crippen molar-refractivity contribution in [2.75, 3.05) is 0 Å². The Bertz CT molecular complexity index is 4190. The number of fused-ring (bicyclic) bond motifs is 6. The fraction of sp³-hybridized carbons (Fsp3) is 0. The summed E-state index contributed by atoms with van der Waals surface area (Å²) in [6.45, 7) is 0. The van der Waals surface area contributed by atoms with Gasteiger partial charge in [-0.05, 0) is 99.0 Å². The van der Waals surface area contributed by atoms with E-state index in [0.29, 0.717) is 11.1 Å². The molecule has 12 aromatic rings. The fourth-order valence-electron chi connectivity index (χ4n) is 8.03. The van der Waals surface area contributed by atoms with Gasteiger partial charge in [-0.15, -0.1) is 0 Å². The molecule has 0 bridgehead atoms. The van der Waals surface area contributed by atoms with Gasteiger partial charge in [0.25, 0.3) is 0 Å². The number of nitrogens with zero attached hydrogens (tertiary/aromatic N) is 5. The third-order valence-electron chi connectivity index (χ3n) is 10.9. The van der Waals surface area contributed by atoms with Crippen molar-refractivity contribution < 1.29 is 21.9 Å². The Kier molecular flexibility index (Phi) is 5.41. The Morgan fingerprint density at radius 3 is 1.02 bits per heavy atom. The SMILES string of the molecule is [2H]c1c([2H])c([2H])c2c(c1[2H])c1c([2H])c([2H])c([2H])c([2H])c1n2-c1nc(-c2cccc(-c3cccc(-c4cc(-c5ccccc5)cc(-c5ccccc5)c4)c3)c2)nc(-n2c3c([2H])c([2H])c([2H])c([2H])c3c3c([2H])c([2H])c([2H])c([2H])c32)n1. The van der Waals surface area contributed by atoms with E-state index in [9.17, 15) is 5.48 Å². The molecule has 0 aliphatic heterocycles. The monoisotopic (exact) mass is 807 g/mol. The van der Waals surface area contributed by atoms with Gasteiger partial charge in [-0.3, -0.25) is 9.13 Å². The van der Waals surface area contributed by atoms with E-state index < -0.39 is 109 Å². The number of aromatic nitrogens is 5. The highest BCUT2D eigenvalue weighted by molar-refractivity contribution is 6.10. The number of hydrogen-bond donors (Lipinski definition) is 0. The first-order valence-electron chi connectivity index (χ1n) is 27.6. The van der Waals surface area contributed by atoms with Crippen LogP contribution in [-0.2, 0) is 0 Å². The third kappa shape index (κ3) is 6.06. The van der Waals surface area contributed by atoms with Gasteiger partial charge in [0.05, 0.1) is 44.0 Å². The molecular weight excluding hydrogens is 755 g/mol. The molecule has 0 aliphatic carbocycles. The standard InChI is InChI=1S/C57H37N5/c1-3-17-38(18-4-1)44-35-45(39-19-5-2-6-20-39)37-46(36-44)42-23-15-21-40(33-42)41-22-16-24-43(34-41)55-58-56(61-51-29-11-7-25-47(51)48-26-8-12-30-52(48)61)60-57(59-55)62-53-31-13-9-27-49(53)50-28-10-14-32-54(50)62/h1-37H/i7D,8D,9D,10D,11D,12D,13D,14D,25D,26D,27D,28D,29D,30D,31D,32D. The van der Waals surface area contributed by atoms with E-state index in [2.05, 4.69) is 42.5 Å². The Hall–Kier alpha value is -8.41. The van der Waals surface area contributed by atoms with Crippen LogP contribution in [0.2, 0.25) is 0 Å². The minimum absolute atomic E-state index is 0.149. The molecule has 5 heteroatoms. The van der Waals surface area contributed by atoms with Gasteiger partial charge in [0.1, 0.15) is 0 Å². The van der Waals surface area contributed by atoms with Crippen LogP contribution in [0.1, 0.15) is 21.9 Å². The maximum Gasteiger partial charge on any atom is 0.240 e. The van der Waals surface area contributed by atoms with Crippen LogP contribution >= 0.6 is 0 Å². The van der Waals surface area contributed by atoms with Crippen molar-refractivity contribution >= 4 is 43.6 Å². The number of para-hydroxylation sites is 4. The molecule has 3 heterocycles. The molecule has 0 unspecified atom stereocenters. The third-order valence-corrected chi connectivity index (χ3v) is 10.9. The molecule has 62 heavy (non-hydrogen) atoms. The van der Waals surface area contributed by atoms with E-state index in [-0.39, 0.29) is 49.4 Å². The van der Waals surface area contributed by atoms with E-state index in [1.807, 2.05) is 66.7 Å². The van der Waals surface area contributed by atoms with Gasteiger partial charge in [-0.1, -0.05) is 170 Å². The number of benzene rings is 9. The van der Waals surface area contributed by atoms with Gasteiger partial charge in [-0.2, -0.15) is 15.0 Å². The highest BCUT2D eigenvalue weighted by atomic mass is 15.3. The zero-order valence-corrected chi connectivity index (χ0v) is 32.4. The molecule has 0 fully saturated rings. The van der Waals surface area contributed by atoms with Crippen molar-refractivity contribution in [2.24, 2.45) is 0 Å². The lowest BCUT2D eigenvalue weighted by atomic mass is 9.92. The molecule has 0 saturated heterocycles.